The fourth-order valence-electron chi connectivity index (χ4n) is 1.90. The molecule has 0 atom stereocenters. The number of carboxylic acids is 2. The van der Waals surface area contributed by atoms with E-state index in [0.29, 0.717) is 11.1 Å². The summed E-state index contributed by atoms with van der Waals surface area (Å²) in [6.07, 6.45) is 0. The fraction of sp³-hybridized carbons (Fsp3) is 0. The number of carbonyl (C=O) groups is 4. The van der Waals surface area contributed by atoms with E-state index in [1.165, 1.54) is 24.3 Å². The molecule has 0 saturated carbocycles. The van der Waals surface area contributed by atoms with Gasteiger partial charge in [0.1, 0.15) is 0 Å². The van der Waals surface area contributed by atoms with Gasteiger partial charge in [0.25, 0.3) is 0 Å². The van der Waals surface area contributed by atoms with Crippen molar-refractivity contribution in [1.29, 1.82) is 0 Å². The maximum absolute atomic E-state index is 11.2. The van der Waals surface area contributed by atoms with Crippen molar-refractivity contribution < 1.29 is 51.8 Å². The van der Waals surface area contributed by atoms with E-state index < -0.39 is 49.0 Å². The van der Waals surface area contributed by atoms with Crippen LogP contribution >= 0.6 is 0 Å². The molecule has 0 unspecified atom stereocenters. The zero-order chi connectivity index (χ0) is 18.4. The Hall–Kier alpha value is -2.24. The van der Waals surface area contributed by atoms with Gasteiger partial charge in [0.2, 0.25) is 0 Å². The van der Waals surface area contributed by atoms with Gasteiger partial charge in [-0.25, -0.2) is 9.59 Å². The van der Waals surface area contributed by atoms with Crippen molar-refractivity contribution in [1.82, 2.24) is 0 Å². The van der Waals surface area contributed by atoms with Gasteiger partial charge >= 0.3 is 99.4 Å². The van der Waals surface area contributed by atoms with Crippen molar-refractivity contribution in [2.75, 3.05) is 0 Å². The van der Waals surface area contributed by atoms with Crippen LogP contribution < -0.4 is 0 Å². The summed E-state index contributed by atoms with van der Waals surface area (Å²) in [5, 5.41) is 17.1. The number of hydrogen-bond acceptors (Lipinski definition) is 6. The second kappa shape index (κ2) is 10.0. The van der Waals surface area contributed by atoms with Gasteiger partial charge in [-0.2, -0.15) is 0 Å². The summed E-state index contributed by atoms with van der Waals surface area (Å²) in [5.41, 5.74) is 0.227. The molecule has 1 aliphatic heterocycles. The molecule has 2 N–H and O–H groups in total. The van der Waals surface area contributed by atoms with Crippen molar-refractivity contribution in [3.05, 3.63) is 70.8 Å². The van der Waals surface area contributed by atoms with Crippen LogP contribution in [0.3, 0.4) is 0 Å². The molecule has 1 heterocycles. The van der Waals surface area contributed by atoms with Crippen LogP contribution in [0.2, 0.25) is 0 Å². The topological polar surface area (TPSA) is 127 Å². The Morgan fingerprint density at radius 2 is 1.08 bits per heavy atom. The molecule has 8 nitrogen and oxygen atoms in total. The molecule has 0 amide bonds. The number of carboxylic acid groups (broad SMARTS) is 2. The molecule has 0 spiro atoms. The fourth-order valence-corrected chi connectivity index (χ4v) is 3.51. The van der Waals surface area contributed by atoms with Crippen LogP contribution in [-0.4, -0.2) is 59.2 Å². The molecule has 10 heteroatoms. The first-order valence-electron chi connectivity index (χ1n) is 6.73. The predicted octanol–water partition coefficient (Wildman–Crippen LogP) is 1.63. The van der Waals surface area contributed by atoms with Crippen molar-refractivity contribution in [3.8, 4) is 0 Å². The summed E-state index contributed by atoms with van der Waals surface area (Å²) in [6, 6.07) is 12.0. The Labute approximate surface area is 171 Å². The summed E-state index contributed by atoms with van der Waals surface area (Å²) in [4.78, 5) is 43.4. The quantitative estimate of drug-likeness (QED) is 0.498. The van der Waals surface area contributed by atoms with Gasteiger partial charge in [0, 0.05) is 17.1 Å². The summed E-state index contributed by atoms with van der Waals surface area (Å²) < 4.78 is 9.62. The second-order valence-corrected chi connectivity index (χ2v) is 6.80. The molecule has 3 rings (SSSR count). The van der Waals surface area contributed by atoms with E-state index in [0.717, 1.165) is 0 Å². The maximum Gasteiger partial charge on any atom is 0 e. The molecule has 2 aromatic rings. The van der Waals surface area contributed by atoms with Crippen LogP contribution in [0.1, 0.15) is 41.4 Å². The standard InChI is InChI=1S/2C8H6O4.Cu.Pb/c2*9-7(10)5-3-1-2-4-6(5)8(11)12;;/h2*1-4H,(H,9,10)(H,11,12);;/q;;;+2/p-2. The molecule has 0 bridgehead atoms. The van der Waals surface area contributed by atoms with Crippen molar-refractivity contribution in [3.63, 3.8) is 0 Å². The van der Waals surface area contributed by atoms with E-state index in [4.69, 9.17) is 15.6 Å². The van der Waals surface area contributed by atoms with Crippen LogP contribution in [-0.2, 0) is 22.4 Å². The molecule has 0 saturated heterocycles. The van der Waals surface area contributed by atoms with Crippen LogP contribution in [0.15, 0.2) is 48.5 Å². The summed E-state index contributed by atoms with van der Waals surface area (Å²) in [5.74, 6) is -3.34. The largest absolute Gasteiger partial charge is 0 e. The van der Waals surface area contributed by atoms with Crippen LogP contribution in [0.4, 0.5) is 0 Å². The van der Waals surface area contributed by atoms with E-state index in [2.05, 4.69) is 0 Å². The zero-order valence-electron chi connectivity index (χ0n) is 12.8. The van der Waals surface area contributed by atoms with Gasteiger partial charge in [-0.15, -0.1) is 0 Å². The molecule has 26 heavy (non-hydrogen) atoms. The summed E-state index contributed by atoms with van der Waals surface area (Å²) >= 11 is -1.95. The van der Waals surface area contributed by atoms with E-state index in [9.17, 15) is 19.2 Å². The molecular formula is C16H10CuO8Pb. The van der Waals surface area contributed by atoms with Crippen LogP contribution in [0.25, 0.3) is 0 Å². The molecule has 3 radical (unpaired) electrons. The van der Waals surface area contributed by atoms with Crippen molar-refractivity contribution >= 4 is 49.0 Å². The smallest absolute Gasteiger partial charge is 0 e. The maximum atomic E-state index is 11.2. The first-order valence-corrected chi connectivity index (χ1v) is 9.91. The molecule has 2 aromatic carbocycles. The van der Waals surface area contributed by atoms with Crippen molar-refractivity contribution in [2.45, 2.75) is 0 Å². The molecule has 1 aliphatic rings. The van der Waals surface area contributed by atoms with Crippen LogP contribution in [0.5, 0.6) is 0 Å². The van der Waals surface area contributed by atoms with Gasteiger partial charge in [-0.3, -0.25) is 0 Å². The van der Waals surface area contributed by atoms with E-state index in [-0.39, 0.29) is 28.2 Å². The molecule has 0 aromatic heterocycles. The molecule has 0 aliphatic carbocycles. The molecule has 137 valence electrons. The minimum absolute atomic E-state index is 0. The second-order valence-electron chi connectivity index (χ2n) is 4.56. The molecule has 0 fully saturated rings. The number of rotatable bonds is 2. The van der Waals surface area contributed by atoms with Gasteiger partial charge in [-0.1, -0.05) is 12.1 Å². The Balaban J connectivity index is 0.000000251. The first-order chi connectivity index (χ1) is 11.9. The van der Waals surface area contributed by atoms with Gasteiger partial charge in [-0.05, 0) is 12.1 Å². The summed E-state index contributed by atoms with van der Waals surface area (Å²) in [7, 11) is 0. The van der Waals surface area contributed by atoms with Gasteiger partial charge in [0.15, 0.2) is 0 Å². The molecular weight excluding hydrogens is 591 g/mol. The third-order valence-electron chi connectivity index (χ3n) is 3.02. The number of fused-ring (bicyclic) bond motifs is 1. The first kappa shape index (κ1) is 21.8. The normalized spacial score (nSPS) is 12.0. The van der Waals surface area contributed by atoms with Crippen molar-refractivity contribution in [2.24, 2.45) is 0 Å². The monoisotopic (exact) mass is 601 g/mol. The minimum Gasteiger partial charge on any atom is 0 e. The Morgan fingerprint density at radius 3 is 1.42 bits per heavy atom. The number of benzene rings is 2. The average Bonchev–Trinajstić information content (AvgIpc) is 2.75. The van der Waals surface area contributed by atoms with Crippen LogP contribution in [0, 0.1) is 0 Å². The third-order valence-corrected chi connectivity index (χ3v) is 5.11. The van der Waals surface area contributed by atoms with Gasteiger partial charge in [0.05, 0.1) is 11.1 Å². The van der Waals surface area contributed by atoms with E-state index >= 15 is 0 Å². The predicted molar refractivity (Wildman–Crippen MR) is 83.4 cm³/mol. The third kappa shape index (κ3) is 5.38. The minimum atomic E-state index is -1.95. The number of hydrogen-bond donors (Lipinski definition) is 2. The summed E-state index contributed by atoms with van der Waals surface area (Å²) in [6.45, 7) is 0. The van der Waals surface area contributed by atoms with Gasteiger partial charge < -0.3 is 10.2 Å². The number of aromatic carboxylic acids is 2. The average molecular weight is 601 g/mol. The Morgan fingerprint density at radius 1 is 0.731 bits per heavy atom. The van der Waals surface area contributed by atoms with E-state index in [1.54, 1.807) is 24.3 Å². The SMILES string of the molecule is O=C(O)c1ccccc1C(=O)O.O=C1[O][Pb][O]C(=O)c2ccccc21.[Cu]. The zero-order valence-corrected chi connectivity index (χ0v) is 17.6. The van der Waals surface area contributed by atoms with E-state index in [1.807, 2.05) is 0 Å². The number of carbonyl (C=O) groups excluding carboxylic acids is 2. The Bertz CT molecular complexity index is 784. The Kier molecular flexibility index (Phi) is 8.42.